The van der Waals surface area contributed by atoms with Gasteiger partial charge in [-0.25, -0.2) is 8.78 Å². The van der Waals surface area contributed by atoms with E-state index in [1.54, 1.807) is 0 Å². The maximum Gasteiger partial charge on any atom is 0.126 e. The Labute approximate surface area is 87.8 Å². The maximum atomic E-state index is 13.0. The first kappa shape index (κ1) is 10.3. The standard InChI is InChI=1S/C12H13F2N/c1-8-2-3-12(15-7-8)9-4-10(13)6-11(14)5-9/h4-6,8H,2-3,7H2,1H3. The molecule has 0 radical (unpaired) electrons. The Bertz CT molecular complexity index is 378. The molecule has 0 N–H and O–H groups in total. The van der Waals surface area contributed by atoms with E-state index in [-0.39, 0.29) is 0 Å². The van der Waals surface area contributed by atoms with Crippen molar-refractivity contribution < 1.29 is 8.78 Å². The second-order valence-electron chi connectivity index (χ2n) is 4.09. The zero-order valence-corrected chi connectivity index (χ0v) is 8.63. The van der Waals surface area contributed by atoms with Crippen LogP contribution >= 0.6 is 0 Å². The third kappa shape index (κ3) is 2.41. The third-order valence-electron chi connectivity index (χ3n) is 2.66. The van der Waals surface area contributed by atoms with Gasteiger partial charge in [-0.15, -0.1) is 0 Å². The van der Waals surface area contributed by atoms with E-state index in [0.717, 1.165) is 31.2 Å². The molecule has 0 saturated heterocycles. The summed E-state index contributed by atoms with van der Waals surface area (Å²) < 4.78 is 25.9. The van der Waals surface area contributed by atoms with E-state index >= 15 is 0 Å². The Balaban J connectivity index is 2.29. The van der Waals surface area contributed by atoms with Gasteiger partial charge >= 0.3 is 0 Å². The molecule has 1 aliphatic rings. The largest absolute Gasteiger partial charge is 0.289 e. The Morgan fingerprint density at radius 3 is 2.40 bits per heavy atom. The van der Waals surface area contributed by atoms with Crippen LogP contribution in [0.4, 0.5) is 8.78 Å². The molecule has 80 valence electrons. The minimum atomic E-state index is -0.536. The molecule has 1 nitrogen and oxygen atoms in total. The first-order valence-corrected chi connectivity index (χ1v) is 5.15. The van der Waals surface area contributed by atoms with Gasteiger partial charge in [0, 0.05) is 23.9 Å². The van der Waals surface area contributed by atoms with Gasteiger partial charge in [-0.05, 0) is 30.9 Å². The molecule has 0 aliphatic carbocycles. The van der Waals surface area contributed by atoms with E-state index in [0.29, 0.717) is 11.5 Å². The summed E-state index contributed by atoms with van der Waals surface area (Å²) in [7, 11) is 0. The van der Waals surface area contributed by atoms with Crippen LogP contribution < -0.4 is 0 Å². The smallest absolute Gasteiger partial charge is 0.126 e. The SMILES string of the molecule is CC1CCC(c2cc(F)cc(F)c2)=NC1. The van der Waals surface area contributed by atoms with Crippen LogP contribution in [0.1, 0.15) is 25.3 Å². The fraction of sp³-hybridized carbons (Fsp3) is 0.417. The number of rotatable bonds is 1. The van der Waals surface area contributed by atoms with Crippen molar-refractivity contribution in [2.24, 2.45) is 10.9 Å². The summed E-state index contributed by atoms with van der Waals surface area (Å²) in [6, 6.07) is 3.57. The van der Waals surface area contributed by atoms with Crippen molar-refractivity contribution in [3.8, 4) is 0 Å². The van der Waals surface area contributed by atoms with Crippen molar-refractivity contribution in [2.75, 3.05) is 6.54 Å². The number of halogens is 2. The van der Waals surface area contributed by atoms with Gasteiger partial charge in [0.25, 0.3) is 0 Å². The van der Waals surface area contributed by atoms with Crippen LogP contribution in [0.5, 0.6) is 0 Å². The highest BCUT2D eigenvalue weighted by molar-refractivity contribution is 6.00. The second-order valence-corrected chi connectivity index (χ2v) is 4.09. The van der Waals surface area contributed by atoms with E-state index in [1.807, 2.05) is 0 Å². The quantitative estimate of drug-likeness (QED) is 0.673. The first-order chi connectivity index (χ1) is 7.15. The first-order valence-electron chi connectivity index (χ1n) is 5.15. The van der Waals surface area contributed by atoms with E-state index in [2.05, 4.69) is 11.9 Å². The summed E-state index contributed by atoms with van der Waals surface area (Å²) in [4.78, 5) is 4.35. The zero-order valence-electron chi connectivity index (χ0n) is 8.63. The number of hydrogen-bond acceptors (Lipinski definition) is 1. The van der Waals surface area contributed by atoms with Gasteiger partial charge in [-0.2, -0.15) is 0 Å². The maximum absolute atomic E-state index is 13.0. The highest BCUT2D eigenvalue weighted by atomic mass is 19.1. The molecule has 1 heterocycles. The normalized spacial score (nSPS) is 21.3. The highest BCUT2D eigenvalue weighted by Crippen LogP contribution is 2.19. The molecule has 2 rings (SSSR count). The van der Waals surface area contributed by atoms with Gasteiger partial charge in [-0.1, -0.05) is 6.92 Å². The van der Waals surface area contributed by atoms with E-state index < -0.39 is 11.6 Å². The van der Waals surface area contributed by atoms with Gasteiger partial charge < -0.3 is 0 Å². The van der Waals surface area contributed by atoms with Gasteiger partial charge in [0.2, 0.25) is 0 Å². The molecular formula is C12H13F2N. The van der Waals surface area contributed by atoms with Crippen LogP contribution in [0.15, 0.2) is 23.2 Å². The minimum Gasteiger partial charge on any atom is -0.289 e. The molecule has 0 spiro atoms. The van der Waals surface area contributed by atoms with Crippen LogP contribution in [0.25, 0.3) is 0 Å². The molecule has 1 aromatic rings. The molecular weight excluding hydrogens is 196 g/mol. The predicted molar refractivity (Wildman–Crippen MR) is 56.2 cm³/mol. The van der Waals surface area contributed by atoms with Gasteiger partial charge in [0.1, 0.15) is 11.6 Å². The number of hydrogen-bond donors (Lipinski definition) is 0. The van der Waals surface area contributed by atoms with Crippen molar-refractivity contribution in [3.63, 3.8) is 0 Å². The summed E-state index contributed by atoms with van der Waals surface area (Å²) in [5.41, 5.74) is 1.41. The summed E-state index contributed by atoms with van der Waals surface area (Å²) in [5.74, 6) is -0.496. The molecule has 0 saturated carbocycles. The fourth-order valence-corrected chi connectivity index (χ4v) is 1.78. The third-order valence-corrected chi connectivity index (χ3v) is 2.66. The molecule has 15 heavy (non-hydrogen) atoms. The van der Waals surface area contributed by atoms with Crippen molar-refractivity contribution in [1.29, 1.82) is 0 Å². The average Bonchev–Trinajstić information content (AvgIpc) is 2.17. The molecule has 1 unspecified atom stereocenters. The lowest BCUT2D eigenvalue weighted by Gasteiger charge is -2.17. The van der Waals surface area contributed by atoms with E-state index in [1.165, 1.54) is 12.1 Å². The molecule has 0 aromatic heterocycles. The number of nitrogens with zero attached hydrogens (tertiary/aromatic N) is 1. The molecule has 0 amide bonds. The van der Waals surface area contributed by atoms with Crippen molar-refractivity contribution in [2.45, 2.75) is 19.8 Å². The Hall–Kier alpha value is -1.25. The zero-order chi connectivity index (χ0) is 10.8. The van der Waals surface area contributed by atoms with Crippen LogP contribution in [-0.4, -0.2) is 12.3 Å². The van der Waals surface area contributed by atoms with Crippen molar-refractivity contribution in [1.82, 2.24) is 0 Å². The Morgan fingerprint density at radius 1 is 1.20 bits per heavy atom. The topological polar surface area (TPSA) is 12.4 Å². The fourth-order valence-electron chi connectivity index (χ4n) is 1.78. The van der Waals surface area contributed by atoms with E-state index in [4.69, 9.17) is 0 Å². The van der Waals surface area contributed by atoms with Crippen LogP contribution in [0.3, 0.4) is 0 Å². The molecule has 3 heteroatoms. The molecule has 1 atom stereocenters. The molecule has 0 bridgehead atoms. The van der Waals surface area contributed by atoms with Crippen molar-refractivity contribution in [3.05, 3.63) is 35.4 Å². The summed E-state index contributed by atoms with van der Waals surface area (Å²) in [6.07, 6.45) is 1.85. The average molecular weight is 209 g/mol. The predicted octanol–water partition coefficient (Wildman–Crippen LogP) is 3.18. The van der Waals surface area contributed by atoms with Crippen LogP contribution in [0.2, 0.25) is 0 Å². The Kier molecular flexibility index (Phi) is 2.80. The van der Waals surface area contributed by atoms with Crippen LogP contribution in [-0.2, 0) is 0 Å². The van der Waals surface area contributed by atoms with Crippen molar-refractivity contribution >= 4 is 5.71 Å². The summed E-state index contributed by atoms with van der Waals surface area (Å²) in [6.45, 7) is 2.89. The minimum absolute atomic E-state index is 0.536. The number of benzene rings is 1. The second kappa shape index (κ2) is 4.09. The molecule has 1 aliphatic heterocycles. The highest BCUT2D eigenvalue weighted by Gasteiger charge is 2.14. The Morgan fingerprint density at radius 2 is 1.87 bits per heavy atom. The van der Waals surface area contributed by atoms with Gasteiger partial charge in [0.15, 0.2) is 0 Å². The lowest BCUT2D eigenvalue weighted by Crippen LogP contribution is -2.14. The van der Waals surface area contributed by atoms with Gasteiger partial charge in [0.05, 0.1) is 0 Å². The van der Waals surface area contributed by atoms with E-state index in [9.17, 15) is 8.78 Å². The number of aliphatic imine (C=N–C) groups is 1. The monoisotopic (exact) mass is 209 g/mol. The van der Waals surface area contributed by atoms with Crippen LogP contribution in [0, 0.1) is 17.6 Å². The summed E-state index contributed by atoms with van der Waals surface area (Å²) >= 11 is 0. The lowest BCUT2D eigenvalue weighted by atomic mass is 9.96. The lowest BCUT2D eigenvalue weighted by molar-refractivity contribution is 0.537. The summed E-state index contributed by atoms with van der Waals surface area (Å²) in [5, 5.41) is 0. The van der Waals surface area contributed by atoms with Gasteiger partial charge in [-0.3, -0.25) is 4.99 Å². The molecule has 0 fully saturated rings. The molecule has 1 aromatic carbocycles.